The van der Waals surface area contributed by atoms with E-state index in [2.05, 4.69) is 33.8 Å². The maximum absolute atomic E-state index is 15.1. The second-order valence-electron chi connectivity index (χ2n) is 7.83. The number of alkyl halides is 1. The number of aromatic nitrogens is 2. The summed E-state index contributed by atoms with van der Waals surface area (Å²) < 4.78 is 31.1. The van der Waals surface area contributed by atoms with Gasteiger partial charge in [-0.2, -0.15) is 0 Å². The predicted octanol–water partition coefficient (Wildman–Crippen LogP) is 4.52. The molecule has 36 heavy (non-hydrogen) atoms. The first-order valence-corrected chi connectivity index (χ1v) is 11.9. The molecule has 2 N–H and O–H groups in total. The van der Waals surface area contributed by atoms with Gasteiger partial charge in [-0.15, -0.1) is 11.6 Å². The van der Waals surface area contributed by atoms with E-state index in [9.17, 15) is 4.79 Å². The van der Waals surface area contributed by atoms with Crippen molar-refractivity contribution in [1.82, 2.24) is 15.3 Å². The number of anilines is 1. The second kappa shape index (κ2) is 12.7. The molecule has 1 aromatic carbocycles. The minimum atomic E-state index is -0.573. The number of halogens is 3. The van der Waals surface area contributed by atoms with Gasteiger partial charge < -0.3 is 24.8 Å². The number of methoxy groups -OCH3 is 2. The van der Waals surface area contributed by atoms with Crippen LogP contribution < -0.4 is 10.6 Å². The summed E-state index contributed by atoms with van der Waals surface area (Å²) in [6.07, 6.45) is 4.91. The Morgan fingerprint density at radius 3 is 2.78 bits per heavy atom. The number of ether oxygens (including phenoxy) is 3. The van der Waals surface area contributed by atoms with Crippen molar-refractivity contribution in [3.63, 3.8) is 0 Å². The maximum atomic E-state index is 15.1. The Morgan fingerprint density at radius 2 is 2.11 bits per heavy atom. The van der Waals surface area contributed by atoms with Crippen LogP contribution in [0.5, 0.6) is 0 Å². The number of nitrogens with zero attached hydrogens (tertiary/aromatic N) is 2. The number of benzene rings is 1. The van der Waals surface area contributed by atoms with Gasteiger partial charge in [-0.1, -0.05) is 24.8 Å². The van der Waals surface area contributed by atoms with Crippen LogP contribution in [0.1, 0.15) is 12.0 Å². The third kappa shape index (κ3) is 6.54. The quantitative estimate of drug-likeness (QED) is 0.199. The van der Waals surface area contributed by atoms with E-state index in [-0.39, 0.29) is 51.7 Å². The number of amides is 1. The number of hydrogen-bond acceptors (Lipinski definition) is 7. The summed E-state index contributed by atoms with van der Waals surface area (Å²) >= 11 is 12.3. The van der Waals surface area contributed by atoms with Crippen molar-refractivity contribution in [1.29, 1.82) is 0 Å². The largest absolute Gasteiger partial charge is 0.500 e. The normalized spacial score (nSPS) is 18.8. The average molecular weight is 537 g/mol. The van der Waals surface area contributed by atoms with E-state index in [1.54, 1.807) is 12.3 Å². The lowest BCUT2D eigenvalue weighted by Crippen LogP contribution is -2.52. The molecule has 1 aliphatic rings. The van der Waals surface area contributed by atoms with Gasteiger partial charge in [0.2, 0.25) is 11.9 Å². The molecule has 8 nitrogen and oxygen atoms in total. The van der Waals surface area contributed by atoms with Crippen molar-refractivity contribution < 1.29 is 23.4 Å². The van der Waals surface area contributed by atoms with Crippen LogP contribution in [0.4, 0.5) is 10.3 Å². The molecular formula is C25H27Cl2FN4O4. The van der Waals surface area contributed by atoms with Crippen LogP contribution in [0.2, 0.25) is 0 Å². The summed E-state index contributed by atoms with van der Waals surface area (Å²) in [6, 6.07) is 2.38. The van der Waals surface area contributed by atoms with Gasteiger partial charge in [0.15, 0.2) is 0 Å². The van der Waals surface area contributed by atoms with Crippen molar-refractivity contribution in [3.8, 4) is 0 Å². The lowest BCUT2D eigenvalue weighted by Gasteiger charge is -2.32. The molecule has 2 aromatic rings. The average Bonchev–Trinajstić information content (AvgIpc) is 2.89. The second-order valence-corrected chi connectivity index (χ2v) is 8.47. The lowest BCUT2D eigenvalue weighted by molar-refractivity contribution is -0.117. The molecule has 2 heterocycles. The number of allylic oxidation sites excluding steroid dienone is 4. The molecule has 11 heteroatoms. The van der Waals surface area contributed by atoms with Crippen molar-refractivity contribution in [2.45, 2.75) is 18.5 Å². The van der Waals surface area contributed by atoms with E-state index in [1.807, 2.05) is 0 Å². The predicted molar refractivity (Wildman–Crippen MR) is 139 cm³/mol. The Bertz CT molecular complexity index is 1210. The molecule has 1 saturated heterocycles. The lowest BCUT2D eigenvalue weighted by atomic mass is 10.0. The van der Waals surface area contributed by atoms with Gasteiger partial charge >= 0.3 is 0 Å². The molecule has 2 atom stereocenters. The first-order valence-electron chi connectivity index (χ1n) is 11.0. The topological polar surface area (TPSA) is 94.6 Å². The fourth-order valence-electron chi connectivity index (χ4n) is 3.59. The molecule has 0 spiro atoms. The molecule has 1 fully saturated rings. The number of nitrogens with one attached hydrogen (secondary N) is 2. The molecule has 0 unspecified atom stereocenters. The summed E-state index contributed by atoms with van der Waals surface area (Å²) in [6.45, 7) is 8.29. The zero-order valence-corrected chi connectivity index (χ0v) is 21.5. The Balaban J connectivity index is 1.88. The molecule has 0 aliphatic carbocycles. The fourth-order valence-corrected chi connectivity index (χ4v) is 4.01. The van der Waals surface area contributed by atoms with Crippen molar-refractivity contribution >= 4 is 51.5 Å². The van der Waals surface area contributed by atoms with Gasteiger partial charge in [0, 0.05) is 35.9 Å². The molecule has 192 valence electrons. The SMILES string of the molecule is C=CC(=O)N[C@H]1CCOC[C@H]1Nc1ncc2cc(C(=C)/C(Cl)=C(\C=C(/CCl)OC)OC)c(F)cc2n1. The molecular weight excluding hydrogens is 510 g/mol. The van der Waals surface area contributed by atoms with E-state index >= 15 is 4.39 Å². The van der Waals surface area contributed by atoms with Crippen molar-refractivity contribution in [2.75, 3.05) is 38.6 Å². The van der Waals surface area contributed by atoms with E-state index in [0.29, 0.717) is 36.3 Å². The Hall–Kier alpha value is -3.14. The number of carbonyl (C=O) groups excluding carboxylic acids is 1. The number of rotatable bonds is 10. The van der Waals surface area contributed by atoms with Gasteiger partial charge in [-0.25, -0.2) is 14.4 Å². The van der Waals surface area contributed by atoms with E-state index in [1.165, 1.54) is 32.4 Å². The van der Waals surface area contributed by atoms with Crippen LogP contribution in [-0.2, 0) is 19.0 Å². The molecule has 3 rings (SSSR count). The highest BCUT2D eigenvalue weighted by Gasteiger charge is 2.27. The Morgan fingerprint density at radius 1 is 1.33 bits per heavy atom. The molecule has 1 aromatic heterocycles. The molecule has 0 bridgehead atoms. The number of fused-ring (bicyclic) bond motifs is 1. The summed E-state index contributed by atoms with van der Waals surface area (Å²) in [5, 5.41) is 6.72. The highest BCUT2D eigenvalue weighted by atomic mass is 35.5. The van der Waals surface area contributed by atoms with Crippen molar-refractivity contribution in [3.05, 3.63) is 71.6 Å². The molecule has 0 radical (unpaired) electrons. The maximum Gasteiger partial charge on any atom is 0.243 e. The van der Waals surface area contributed by atoms with Crippen LogP contribution in [-0.4, -0.2) is 61.3 Å². The minimum Gasteiger partial charge on any atom is -0.500 e. The smallest absolute Gasteiger partial charge is 0.243 e. The summed E-state index contributed by atoms with van der Waals surface area (Å²) in [5.41, 5.74) is 0.745. The molecule has 0 saturated carbocycles. The first-order chi connectivity index (χ1) is 17.3. The monoisotopic (exact) mass is 536 g/mol. The van der Waals surface area contributed by atoms with Crippen LogP contribution in [0.15, 0.2) is 60.2 Å². The number of hydrogen-bond donors (Lipinski definition) is 2. The first kappa shape index (κ1) is 27.4. The summed E-state index contributed by atoms with van der Waals surface area (Å²) in [7, 11) is 2.89. The Kier molecular flexibility index (Phi) is 9.69. The standard InChI is InChI=1S/C25H27Cl2FN4O4/c1-5-23(33)30-19-6-7-36-13-21(19)32-25-29-12-15-8-17(18(28)10-20(15)31-25)14(2)24(27)22(35-4)9-16(11-26)34-3/h5,8-10,12,19,21H,1-2,6-7,11,13H2,3-4H3,(H,30,33)(H,29,31,32)/b16-9+,24-22-/t19-,21+/m0/s1. The highest BCUT2D eigenvalue weighted by molar-refractivity contribution is 6.37. The highest BCUT2D eigenvalue weighted by Crippen LogP contribution is 2.32. The Labute approximate surface area is 218 Å². The summed E-state index contributed by atoms with van der Waals surface area (Å²) in [4.78, 5) is 20.5. The van der Waals surface area contributed by atoms with E-state index < -0.39 is 5.82 Å². The molecule has 1 amide bonds. The fraction of sp³-hybridized carbons (Fsp3) is 0.320. The van der Waals surface area contributed by atoms with E-state index in [0.717, 1.165) is 0 Å². The van der Waals surface area contributed by atoms with Gasteiger partial charge in [0.05, 0.1) is 49.3 Å². The minimum absolute atomic E-state index is 0.0968. The summed E-state index contributed by atoms with van der Waals surface area (Å²) in [5.74, 6) is 0.176. The van der Waals surface area contributed by atoms with Gasteiger partial charge in [0.25, 0.3) is 0 Å². The van der Waals surface area contributed by atoms with E-state index in [4.69, 9.17) is 37.4 Å². The van der Waals surface area contributed by atoms with Crippen LogP contribution in [0.3, 0.4) is 0 Å². The number of carbonyl (C=O) groups is 1. The zero-order valence-electron chi connectivity index (χ0n) is 19.9. The van der Waals surface area contributed by atoms with Crippen LogP contribution in [0.25, 0.3) is 16.5 Å². The van der Waals surface area contributed by atoms with Crippen molar-refractivity contribution in [2.24, 2.45) is 0 Å². The van der Waals surface area contributed by atoms with Crippen LogP contribution >= 0.6 is 23.2 Å². The van der Waals surface area contributed by atoms with Gasteiger partial charge in [0.1, 0.15) is 17.3 Å². The van der Waals surface area contributed by atoms with Gasteiger partial charge in [-0.3, -0.25) is 4.79 Å². The van der Waals surface area contributed by atoms with Crippen LogP contribution in [0, 0.1) is 5.82 Å². The molecule has 1 aliphatic heterocycles. The zero-order chi connectivity index (χ0) is 26.2. The van der Waals surface area contributed by atoms with Gasteiger partial charge in [-0.05, 0) is 24.1 Å². The third-order valence-corrected chi connectivity index (χ3v) is 6.24. The third-order valence-electron chi connectivity index (χ3n) is 5.56.